The van der Waals surface area contributed by atoms with Crippen molar-refractivity contribution in [2.24, 2.45) is 10.7 Å². The highest BCUT2D eigenvalue weighted by atomic mass is 35.5. The predicted octanol–water partition coefficient (Wildman–Crippen LogP) is 5.36. The minimum atomic E-state index is -0.340. The molecule has 0 bridgehead atoms. The van der Waals surface area contributed by atoms with Crippen LogP contribution in [0.25, 0.3) is 16.7 Å². The van der Waals surface area contributed by atoms with Crippen LogP contribution in [0.5, 0.6) is 5.75 Å². The molecule has 0 spiro atoms. The fraction of sp³-hybridized carbons (Fsp3) is 0.233. The molecule has 0 unspecified atom stereocenters. The van der Waals surface area contributed by atoms with Crippen molar-refractivity contribution < 1.29 is 14.3 Å². The van der Waals surface area contributed by atoms with Crippen molar-refractivity contribution in [2.45, 2.75) is 6.54 Å². The summed E-state index contributed by atoms with van der Waals surface area (Å²) in [4.78, 5) is 21.3. The summed E-state index contributed by atoms with van der Waals surface area (Å²) in [7, 11) is 1.63. The second-order valence-electron chi connectivity index (χ2n) is 9.34. The van der Waals surface area contributed by atoms with Crippen molar-refractivity contribution in [3.05, 3.63) is 87.0 Å². The van der Waals surface area contributed by atoms with Crippen LogP contribution in [0.15, 0.2) is 59.7 Å². The van der Waals surface area contributed by atoms with Crippen LogP contribution in [0.1, 0.15) is 27.0 Å². The molecule has 2 N–H and O–H groups in total. The molecule has 0 atom stereocenters. The predicted molar refractivity (Wildman–Crippen MR) is 158 cm³/mol. The summed E-state index contributed by atoms with van der Waals surface area (Å²) in [5, 5.41) is 10.1. The second-order valence-corrected chi connectivity index (χ2v) is 10.2. The molecule has 1 amide bonds. The molecular weight excluding hydrogens is 549 g/mol. The highest BCUT2D eigenvalue weighted by molar-refractivity contribution is 6.40. The van der Waals surface area contributed by atoms with E-state index in [1.54, 1.807) is 30.3 Å². The molecule has 40 heavy (non-hydrogen) atoms. The summed E-state index contributed by atoms with van der Waals surface area (Å²) in [6.45, 7) is 3.04. The van der Waals surface area contributed by atoms with E-state index in [9.17, 15) is 10.1 Å². The van der Waals surface area contributed by atoms with Gasteiger partial charge in [0.05, 0.1) is 46.6 Å². The Labute approximate surface area is 242 Å². The fourth-order valence-electron chi connectivity index (χ4n) is 4.95. The topological polar surface area (TPSA) is 104 Å². The van der Waals surface area contributed by atoms with Crippen molar-refractivity contribution in [2.75, 3.05) is 45.0 Å². The van der Waals surface area contributed by atoms with E-state index in [2.05, 4.69) is 16.0 Å². The van der Waals surface area contributed by atoms with Gasteiger partial charge < -0.3 is 25.0 Å². The summed E-state index contributed by atoms with van der Waals surface area (Å²) < 4.78 is 11.7. The Kier molecular flexibility index (Phi) is 8.27. The maximum absolute atomic E-state index is 13.5. The van der Waals surface area contributed by atoms with Gasteiger partial charge in [0.25, 0.3) is 5.91 Å². The lowest BCUT2D eigenvalue weighted by Crippen LogP contribution is -2.37. The lowest BCUT2D eigenvalue weighted by atomic mass is 9.97. The third kappa shape index (κ3) is 5.36. The number of para-hydroxylation sites is 1. The standard InChI is InChI=1S/C30H27Cl2N5O3/c1-35-16-23(15-34)22-11-25(31)28(26(32)12-22)30(38)37-17-21-3-2-4-24(29(21)40-18-37)19-5-6-20(14-33)27(13-19)36-7-9-39-10-8-36/h2-6,11-13,15-16H,7-10,17-18,34H2,1H3. The molecule has 204 valence electrons. The zero-order valence-electron chi connectivity index (χ0n) is 21.9. The number of amides is 1. The Morgan fingerprint density at radius 3 is 2.55 bits per heavy atom. The van der Waals surface area contributed by atoms with Crippen LogP contribution < -0.4 is 15.4 Å². The van der Waals surface area contributed by atoms with E-state index < -0.39 is 0 Å². The highest BCUT2D eigenvalue weighted by Gasteiger charge is 2.28. The molecule has 3 aromatic carbocycles. The maximum Gasteiger partial charge on any atom is 0.259 e. The average Bonchev–Trinajstić information content (AvgIpc) is 2.98. The van der Waals surface area contributed by atoms with Gasteiger partial charge in [0.1, 0.15) is 11.8 Å². The highest BCUT2D eigenvalue weighted by Crippen LogP contribution is 2.39. The molecule has 2 aliphatic rings. The van der Waals surface area contributed by atoms with Gasteiger partial charge >= 0.3 is 0 Å². The quantitative estimate of drug-likeness (QED) is 0.410. The van der Waals surface area contributed by atoms with Crippen molar-refractivity contribution in [1.82, 2.24) is 4.90 Å². The van der Waals surface area contributed by atoms with Crippen molar-refractivity contribution in [1.29, 1.82) is 5.26 Å². The molecule has 3 aromatic rings. The minimum Gasteiger partial charge on any atom is -0.472 e. The minimum absolute atomic E-state index is 0.0281. The maximum atomic E-state index is 13.5. The number of hydrogen-bond acceptors (Lipinski definition) is 7. The normalized spacial score (nSPS) is 15.5. The van der Waals surface area contributed by atoms with E-state index in [0.717, 1.165) is 35.5 Å². The van der Waals surface area contributed by atoms with E-state index in [0.29, 0.717) is 42.2 Å². The summed E-state index contributed by atoms with van der Waals surface area (Å²) in [5.41, 5.74) is 11.4. The Bertz CT molecular complexity index is 1530. The van der Waals surface area contributed by atoms with Crippen LogP contribution in [-0.4, -0.2) is 57.1 Å². The number of carbonyl (C=O) groups excluding carboxylic acids is 1. The van der Waals surface area contributed by atoms with Gasteiger partial charge in [-0.25, -0.2) is 0 Å². The molecule has 0 radical (unpaired) electrons. The van der Waals surface area contributed by atoms with Crippen LogP contribution in [-0.2, 0) is 11.3 Å². The van der Waals surface area contributed by atoms with Crippen LogP contribution >= 0.6 is 23.2 Å². The van der Waals surface area contributed by atoms with Crippen molar-refractivity contribution in [3.63, 3.8) is 0 Å². The molecule has 0 aromatic heterocycles. The zero-order chi connectivity index (χ0) is 28.2. The first-order valence-corrected chi connectivity index (χ1v) is 13.5. The lowest BCUT2D eigenvalue weighted by Gasteiger charge is -2.32. The molecule has 8 nitrogen and oxygen atoms in total. The molecule has 1 fully saturated rings. The number of aliphatic imine (C=N–C) groups is 1. The molecular formula is C30H27Cl2N5O3. The summed E-state index contributed by atoms with van der Waals surface area (Å²) in [6, 6.07) is 17.2. The fourth-order valence-corrected chi connectivity index (χ4v) is 5.59. The smallest absolute Gasteiger partial charge is 0.259 e. The first-order chi connectivity index (χ1) is 19.4. The molecule has 1 saturated heterocycles. The number of anilines is 1. The van der Waals surface area contributed by atoms with Crippen LogP contribution in [0, 0.1) is 11.3 Å². The van der Waals surface area contributed by atoms with Gasteiger partial charge in [-0.05, 0) is 35.4 Å². The third-order valence-electron chi connectivity index (χ3n) is 6.93. The van der Waals surface area contributed by atoms with Crippen LogP contribution in [0.4, 0.5) is 5.69 Å². The number of benzene rings is 3. The first kappa shape index (κ1) is 27.5. The van der Waals surface area contributed by atoms with E-state index in [-0.39, 0.29) is 28.2 Å². The number of rotatable bonds is 5. The molecule has 2 heterocycles. The van der Waals surface area contributed by atoms with Gasteiger partial charge in [0, 0.05) is 49.3 Å². The van der Waals surface area contributed by atoms with Gasteiger partial charge in [-0.3, -0.25) is 9.79 Å². The van der Waals surface area contributed by atoms with E-state index in [1.165, 1.54) is 6.20 Å². The number of fused-ring (bicyclic) bond motifs is 1. The number of allylic oxidation sites excluding steroid dienone is 1. The molecule has 5 rings (SSSR count). The number of carbonyl (C=O) groups is 1. The molecule has 2 aliphatic heterocycles. The number of halogens is 2. The lowest BCUT2D eigenvalue weighted by molar-refractivity contribution is 0.0516. The Morgan fingerprint density at radius 2 is 1.88 bits per heavy atom. The zero-order valence-corrected chi connectivity index (χ0v) is 23.4. The molecule has 0 aliphatic carbocycles. The van der Waals surface area contributed by atoms with Gasteiger partial charge in [-0.1, -0.05) is 47.5 Å². The van der Waals surface area contributed by atoms with Gasteiger partial charge in [0.2, 0.25) is 0 Å². The third-order valence-corrected chi connectivity index (χ3v) is 7.52. The van der Waals surface area contributed by atoms with Crippen LogP contribution in [0.2, 0.25) is 10.0 Å². The Balaban J connectivity index is 1.43. The largest absolute Gasteiger partial charge is 0.472 e. The Hall–Kier alpha value is -4.03. The van der Waals surface area contributed by atoms with Crippen molar-refractivity contribution in [3.8, 4) is 22.9 Å². The first-order valence-electron chi connectivity index (χ1n) is 12.7. The molecule has 0 saturated carbocycles. The van der Waals surface area contributed by atoms with Gasteiger partial charge in [-0.15, -0.1) is 0 Å². The van der Waals surface area contributed by atoms with E-state index >= 15 is 0 Å². The SMILES string of the molecule is CN=CC(=CN)c1cc(Cl)c(C(=O)N2COc3c(cccc3-c3ccc(C#N)c(N4CCOCC4)c3)C2)c(Cl)c1. The number of hydrogen-bond donors (Lipinski definition) is 1. The average molecular weight is 576 g/mol. The van der Waals surface area contributed by atoms with Gasteiger partial charge in [-0.2, -0.15) is 5.26 Å². The van der Waals surface area contributed by atoms with E-state index in [4.69, 9.17) is 38.4 Å². The van der Waals surface area contributed by atoms with Crippen molar-refractivity contribution >= 4 is 46.6 Å². The summed E-state index contributed by atoms with van der Waals surface area (Å²) >= 11 is 13.1. The number of morpholine rings is 1. The Morgan fingerprint density at radius 1 is 1.12 bits per heavy atom. The molecule has 10 heteroatoms. The second kappa shape index (κ2) is 12.0. The number of ether oxygens (including phenoxy) is 2. The number of nitriles is 1. The number of nitrogens with zero attached hydrogens (tertiary/aromatic N) is 4. The monoisotopic (exact) mass is 575 g/mol. The number of nitrogens with two attached hydrogens (primary N) is 1. The summed E-state index contributed by atoms with van der Waals surface area (Å²) in [6.07, 6.45) is 3.00. The van der Waals surface area contributed by atoms with E-state index in [1.807, 2.05) is 36.4 Å². The summed E-state index contributed by atoms with van der Waals surface area (Å²) in [5.74, 6) is 0.362. The van der Waals surface area contributed by atoms with Gasteiger partial charge in [0.15, 0.2) is 6.73 Å². The van der Waals surface area contributed by atoms with Crippen LogP contribution in [0.3, 0.4) is 0 Å².